The number of nitrogens with one attached hydrogen (secondary N) is 3. The summed E-state index contributed by atoms with van der Waals surface area (Å²) in [5.74, 6) is 0.708. The summed E-state index contributed by atoms with van der Waals surface area (Å²) in [5.41, 5.74) is 4.72. The molecule has 0 fully saturated rings. The van der Waals surface area contributed by atoms with Crippen molar-refractivity contribution in [1.29, 1.82) is 0 Å². The Morgan fingerprint density at radius 2 is 1.68 bits per heavy atom. The molecule has 0 bridgehead atoms. The summed E-state index contributed by atoms with van der Waals surface area (Å²) < 4.78 is 22.7. The number of benzene rings is 3. The van der Waals surface area contributed by atoms with Gasteiger partial charge in [0.15, 0.2) is 5.11 Å². The molecular weight excluding hydrogens is 468 g/mol. The van der Waals surface area contributed by atoms with Crippen molar-refractivity contribution in [2.45, 2.75) is 18.2 Å². The minimum absolute atomic E-state index is 0.0953. The number of aromatic nitrogens is 2. The van der Waals surface area contributed by atoms with E-state index in [1.807, 2.05) is 49.4 Å². The molecule has 174 valence electrons. The van der Waals surface area contributed by atoms with Gasteiger partial charge in [-0.15, -0.1) is 0 Å². The molecule has 0 spiro atoms. The molecule has 0 aliphatic rings. The number of thiocarbonyl (C=S) groups is 1. The van der Waals surface area contributed by atoms with E-state index in [1.165, 1.54) is 24.0 Å². The van der Waals surface area contributed by atoms with Crippen LogP contribution in [0.4, 0.5) is 17.2 Å². The molecule has 0 saturated carbocycles. The molecule has 0 aliphatic carbocycles. The van der Waals surface area contributed by atoms with Crippen LogP contribution in [0.2, 0.25) is 0 Å². The van der Waals surface area contributed by atoms with Crippen LogP contribution in [0.15, 0.2) is 78.0 Å². The minimum Gasteiger partial charge on any atom is -0.362 e. The molecule has 0 atom stereocenters. The van der Waals surface area contributed by atoms with Gasteiger partial charge in [-0.05, 0) is 73.6 Å². The van der Waals surface area contributed by atoms with Gasteiger partial charge in [0.2, 0.25) is 10.0 Å². The maximum atomic E-state index is 11.4. The van der Waals surface area contributed by atoms with Crippen LogP contribution in [0.1, 0.15) is 11.1 Å². The van der Waals surface area contributed by atoms with E-state index in [4.69, 9.17) is 17.4 Å². The molecule has 0 unspecified atom stereocenters. The molecule has 10 heteroatoms. The normalized spacial score (nSPS) is 11.2. The number of nitrogens with zero attached hydrogens (tertiary/aromatic N) is 2. The molecule has 0 radical (unpaired) electrons. The van der Waals surface area contributed by atoms with E-state index < -0.39 is 10.0 Å². The Labute approximate surface area is 203 Å². The molecule has 1 heterocycles. The summed E-state index contributed by atoms with van der Waals surface area (Å²) >= 11 is 5.43. The smallest absolute Gasteiger partial charge is 0.238 e. The van der Waals surface area contributed by atoms with Crippen LogP contribution in [-0.2, 0) is 16.4 Å². The van der Waals surface area contributed by atoms with Gasteiger partial charge in [-0.3, -0.25) is 0 Å². The van der Waals surface area contributed by atoms with E-state index in [2.05, 4.69) is 25.9 Å². The number of rotatable bonds is 7. The number of hydrogen-bond donors (Lipinski definition) is 4. The summed E-state index contributed by atoms with van der Waals surface area (Å²) in [4.78, 5) is 8.85. The standard InChI is InChI=1S/C24H24N6O2S2/c1-16-2-6-18(7-3-16)29-23-21-14-19(8-11-22(21)27-15-28-23)30-24(33)26-13-12-17-4-9-20(10-5-17)34(25,31)32/h2-11,14-15H,12-13H2,1H3,(H2,25,31,32)(H2,26,30,33)(H,27,28,29). The first kappa shape index (κ1) is 23.6. The highest BCUT2D eigenvalue weighted by Gasteiger charge is 2.08. The van der Waals surface area contributed by atoms with Crippen LogP contribution in [0.5, 0.6) is 0 Å². The quantitative estimate of drug-likeness (QED) is 0.287. The molecular formula is C24H24N6O2S2. The third-order valence-corrected chi connectivity index (χ3v) is 6.33. The number of sulfonamides is 1. The number of primary sulfonamides is 1. The molecule has 8 nitrogen and oxygen atoms in total. The van der Waals surface area contributed by atoms with Crippen LogP contribution in [0.25, 0.3) is 10.9 Å². The lowest BCUT2D eigenvalue weighted by molar-refractivity contribution is 0.598. The van der Waals surface area contributed by atoms with Crippen LogP contribution in [0, 0.1) is 6.92 Å². The fourth-order valence-electron chi connectivity index (χ4n) is 3.35. The Kier molecular flexibility index (Phi) is 7.01. The fourth-order valence-corrected chi connectivity index (χ4v) is 4.08. The predicted octanol–water partition coefficient (Wildman–Crippen LogP) is 3.86. The lowest BCUT2D eigenvalue weighted by Crippen LogP contribution is -2.30. The second-order valence-electron chi connectivity index (χ2n) is 7.77. The Hall–Kier alpha value is -3.60. The number of hydrogen-bond acceptors (Lipinski definition) is 6. The van der Waals surface area contributed by atoms with Gasteiger partial charge in [0.05, 0.1) is 10.4 Å². The van der Waals surface area contributed by atoms with Gasteiger partial charge in [0.25, 0.3) is 0 Å². The summed E-state index contributed by atoms with van der Waals surface area (Å²) in [6.07, 6.45) is 2.20. The van der Waals surface area contributed by atoms with Gasteiger partial charge in [-0.2, -0.15) is 0 Å². The molecule has 0 aliphatic heterocycles. The topological polar surface area (TPSA) is 122 Å². The zero-order valence-corrected chi connectivity index (χ0v) is 20.1. The Bertz CT molecular complexity index is 1420. The van der Waals surface area contributed by atoms with Gasteiger partial charge in [0, 0.05) is 23.3 Å². The fraction of sp³-hybridized carbons (Fsp3) is 0.125. The summed E-state index contributed by atoms with van der Waals surface area (Å²) in [7, 11) is -3.69. The first-order valence-corrected chi connectivity index (χ1v) is 12.5. The molecule has 34 heavy (non-hydrogen) atoms. The second kappa shape index (κ2) is 10.1. The lowest BCUT2D eigenvalue weighted by Gasteiger charge is -2.13. The number of nitrogens with two attached hydrogens (primary N) is 1. The third kappa shape index (κ3) is 6.04. The van der Waals surface area contributed by atoms with Crippen LogP contribution >= 0.6 is 12.2 Å². The highest BCUT2D eigenvalue weighted by atomic mass is 32.2. The molecule has 3 aromatic carbocycles. The van der Waals surface area contributed by atoms with Crippen LogP contribution < -0.4 is 21.1 Å². The minimum atomic E-state index is -3.69. The van der Waals surface area contributed by atoms with E-state index >= 15 is 0 Å². The average molecular weight is 493 g/mol. The van der Waals surface area contributed by atoms with Gasteiger partial charge < -0.3 is 16.0 Å². The molecule has 0 saturated heterocycles. The lowest BCUT2D eigenvalue weighted by atomic mass is 10.1. The van der Waals surface area contributed by atoms with E-state index in [0.717, 1.165) is 27.8 Å². The monoisotopic (exact) mass is 492 g/mol. The Balaban J connectivity index is 1.38. The van der Waals surface area contributed by atoms with Gasteiger partial charge >= 0.3 is 0 Å². The summed E-state index contributed by atoms with van der Waals surface area (Å²) in [5, 5.41) is 16.2. The van der Waals surface area contributed by atoms with Crippen molar-refractivity contribution >= 4 is 55.4 Å². The molecule has 5 N–H and O–H groups in total. The predicted molar refractivity (Wildman–Crippen MR) is 140 cm³/mol. The number of anilines is 3. The highest BCUT2D eigenvalue weighted by molar-refractivity contribution is 7.89. The zero-order valence-electron chi connectivity index (χ0n) is 18.4. The van der Waals surface area contributed by atoms with E-state index in [-0.39, 0.29) is 4.90 Å². The Morgan fingerprint density at radius 3 is 2.38 bits per heavy atom. The highest BCUT2D eigenvalue weighted by Crippen LogP contribution is 2.26. The molecule has 1 aromatic heterocycles. The van der Waals surface area contributed by atoms with Crippen molar-refractivity contribution in [3.8, 4) is 0 Å². The maximum Gasteiger partial charge on any atom is 0.238 e. The number of aryl methyl sites for hydroxylation is 1. The molecule has 0 amide bonds. The second-order valence-corrected chi connectivity index (χ2v) is 9.73. The van der Waals surface area contributed by atoms with Crippen LogP contribution in [0.3, 0.4) is 0 Å². The van der Waals surface area contributed by atoms with Gasteiger partial charge in [-0.25, -0.2) is 23.5 Å². The summed E-state index contributed by atoms with van der Waals surface area (Å²) in [6.45, 7) is 2.63. The van der Waals surface area contributed by atoms with E-state index in [1.54, 1.807) is 12.1 Å². The van der Waals surface area contributed by atoms with Crippen molar-refractivity contribution in [3.05, 3.63) is 84.2 Å². The van der Waals surface area contributed by atoms with Crippen molar-refractivity contribution in [3.63, 3.8) is 0 Å². The van der Waals surface area contributed by atoms with Crippen molar-refractivity contribution in [2.75, 3.05) is 17.2 Å². The molecule has 4 rings (SSSR count). The Morgan fingerprint density at radius 1 is 0.971 bits per heavy atom. The van der Waals surface area contributed by atoms with E-state index in [9.17, 15) is 8.42 Å². The largest absolute Gasteiger partial charge is 0.362 e. The first-order chi connectivity index (χ1) is 16.3. The summed E-state index contributed by atoms with van der Waals surface area (Å²) in [6, 6.07) is 20.3. The third-order valence-electron chi connectivity index (χ3n) is 5.16. The van der Waals surface area contributed by atoms with E-state index in [0.29, 0.717) is 23.9 Å². The average Bonchev–Trinajstić information content (AvgIpc) is 2.81. The number of fused-ring (bicyclic) bond motifs is 1. The van der Waals surface area contributed by atoms with Gasteiger partial charge in [-0.1, -0.05) is 29.8 Å². The van der Waals surface area contributed by atoms with Crippen molar-refractivity contribution in [1.82, 2.24) is 15.3 Å². The van der Waals surface area contributed by atoms with Crippen molar-refractivity contribution in [2.24, 2.45) is 5.14 Å². The zero-order chi connectivity index (χ0) is 24.1. The van der Waals surface area contributed by atoms with Gasteiger partial charge in [0.1, 0.15) is 12.1 Å². The molecule has 4 aromatic rings. The maximum absolute atomic E-state index is 11.4. The van der Waals surface area contributed by atoms with Crippen LogP contribution in [-0.4, -0.2) is 30.0 Å². The first-order valence-electron chi connectivity index (χ1n) is 10.5. The van der Waals surface area contributed by atoms with Crippen molar-refractivity contribution < 1.29 is 8.42 Å². The SMILES string of the molecule is Cc1ccc(Nc2ncnc3ccc(NC(=S)NCCc4ccc(S(N)(=O)=O)cc4)cc23)cc1.